The van der Waals surface area contributed by atoms with E-state index in [1.54, 1.807) is 0 Å². The maximum Gasteiger partial charge on any atom is 0.0828 e. The molecule has 102 valence electrons. The third-order valence-electron chi connectivity index (χ3n) is 3.47. The van der Waals surface area contributed by atoms with Crippen LogP contribution in [0.3, 0.4) is 0 Å². The van der Waals surface area contributed by atoms with E-state index >= 15 is 0 Å². The Morgan fingerprint density at radius 1 is 1.42 bits per heavy atom. The van der Waals surface area contributed by atoms with Crippen LogP contribution in [-0.2, 0) is 19.6 Å². The topological polar surface area (TPSA) is 47.7 Å². The second-order valence-electron chi connectivity index (χ2n) is 5.29. The Bertz CT molecular complexity index is 550. The van der Waals surface area contributed by atoms with Gasteiger partial charge in [0.2, 0.25) is 0 Å². The van der Waals surface area contributed by atoms with E-state index in [-0.39, 0.29) is 0 Å². The van der Waals surface area contributed by atoms with E-state index in [4.69, 9.17) is 0 Å². The molecule has 3 rings (SSSR count). The van der Waals surface area contributed by atoms with Crippen molar-refractivity contribution in [1.29, 1.82) is 0 Å². The zero-order valence-electron chi connectivity index (χ0n) is 11.6. The second-order valence-corrected chi connectivity index (χ2v) is 5.29. The standard InChI is InChI=1S/C14H21N5/c1-3-19-14(6-11(2)17-19)10-18-9-12(8-16-18)7-15-13-4-5-13/h6,8-9,13,15H,3-5,7,10H2,1-2H3. The van der Waals surface area contributed by atoms with Gasteiger partial charge in [-0.2, -0.15) is 10.2 Å². The quantitative estimate of drug-likeness (QED) is 0.859. The molecule has 0 spiro atoms. The molecule has 0 bridgehead atoms. The van der Waals surface area contributed by atoms with Gasteiger partial charge in [0.1, 0.15) is 0 Å². The molecular formula is C14H21N5. The minimum absolute atomic E-state index is 0.743. The lowest BCUT2D eigenvalue weighted by Gasteiger charge is -2.04. The van der Waals surface area contributed by atoms with Crippen molar-refractivity contribution in [3.05, 3.63) is 35.4 Å². The molecule has 2 aromatic heterocycles. The zero-order chi connectivity index (χ0) is 13.2. The first-order valence-corrected chi connectivity index (χ1v) is 7.02. The van der Waals surface area contributed by atoms with Gasteiger partial charge < -0.3 is 5.32 Å². The molecule has 0 aliphatic heterocycles. The second kappa shape index (κ2) is 5.17. The summed E-state index contributed by atoms with van der Waals surface area (Å²) in [5, 5.41) is 12.4. The third-order valence-corrected chi connectivity index (χ3v) is 3.47. The van der Waals surface area contributed by atoms with E-state index in [9.17, 15) is 0 Å². The fourth-order valence-corrected chi connectivity index (χ4v) is 2.30. The highest BCUT2D eigenvalue weighted by molar-refractivity contribution is 5.11. The molecule has 19 heavy (non-hydrogen) atoms. The summed E-state index contributed by atoms with van der Waals surface area (Å²) in [6, 6.07) is 2.88. The van der Waals surface area contributed by atoms with Gasteiger partial charge in [-0.25, -0.2) is 0 Å². The smallest absolute Gasteiger partial charge is 0.0828 e. The van der Waals surface area contributed by atoms with Gasteiger partial charge >= 0.3 is 0 Å². The van der Waals surface area contributed by atoms with Crippen molar-refractivity contribution in [2.45, 2.75) is 52.4 Å². The van der Waals surface area contributed by atoms with E-state index in [0.717, 1.165) is 31.4 Å². The first-order chi connectivity index (χ1) is 9.24. The molecule has 0 atom stereocenters. The molecule has 5 heteroatoms. The lowest BCUT2D eigenvalue weighted by atomic mass is 10.3. The van der Waals surface area contributed by atoms with Crippen LogP contribution in [0.5, 0.6) is 0 Å². The van der Waals surface area contributed by atoms with E-state index in [2.05, 4.69) is 34.7 Å². The van der Waals surface area contributed by atoms with Crippen LogP contribution >= 0.6 is 0 Å². The fourth-order valence-electron chi connectivity index (χ4n) is 2.30. The van der Waals surface area contributed by atoms with Crippen LogP contribution in [0.15, 0.2) is 18.5 Å². The number of nitrogens with one attached hydrogen (secondary N) is 1. The molecule has 0 aromatic carbocycles. The summed E-state index contributed by atoms with van der Waals surface area (Å²) in [5.41, 5.74) is 3.54. The molecule has 1 aliphatic carbocycles. The van der Waals surface area contributed by atoms with Crippen molar-refractivity contribution in [2.75, 3.05) is 0 Å². The summed E-state index contributed by atoms with van der Waals surface area (Å²) in [5.74, 6) is 0. The predicted molar refractivity (Wildman–Crippen MR) is 73.8 cm³/mol. The van der Waals surface area contributed by atoms with Gasteiger partial charge in [-0.1, -0.05) is 0 Å². The first-order valence-electron chi connectivity index (χ1n) is 7.02. The van der Waals surface area contributed by atoms with Crippen molar-refractivity contribution in [3.63, 3.8) is 0 Å². The summed E-state index contributed by atoms with van der Waals surface area (Å²) in [4.78, 5) is 0. The van der Waals surface area contributed by atoms with Crippen LogP contribution in [0.25, 0.3) is 0 Å². The van der Waals surface area contributed by atoms with Crippen molar-refractivity contribution in [3.8, 4) is 0 Å². The monoisotopic (exact) mass is 259 g/mol. The number of hydrogen-bond acceptors (Lipinski definition) is 3. The molecule has 0 unspecified atom stereocenters. The minimum Gasteiger partial charge on any atom is -0.310 e. The van der Waals surface area contributed by atoms with Gasteiger partial charge in [0.25, 0.3) is 0 Å². The molecule has 2 heterocycles. The molecule has 0 radical (unpaired) electrons. The van der Waals surface area contributed by atoms with Gasteiger partial charge in [0.05, 0.1) is 24.1 Å². The molecule has 2 aromatic rings. The molecule has 1 fully saturated rings. The summed E-state index contributed by atoms with van der Waals surface area (Å²) in [7, 11) is 0. The third kappa shape index (κ3) is 3.04. The Morgan fingerprint density at radius 3 is 3.00 bits per heavy atom. The summed E-state index contributed by atoms with van der Waals surface area (Å²) in [6.45, 7) is 6.77. The Balaban J connectivity index is 1.64. The van der Waals surface area contributed by atoms with Crippen molar-refractivity contribution >= 4 is 0 Å². The molecule has 1 saturated carbocycles. The van der Waals surface area contributed by atoms with Gasteiger partial charge in [-0.05, 0) is 32.8 Å². The van der Waals surface area contributed by atoms with Gasteiger partial charge in [-0.3, -0.25) is 9.36 Å². The Morgan fingerprint density at radius 2 is 2.26 bits per heavy atom. The SMILES string of the molecule is CCn1nc(C)cc1Cn1cc(CNC2CC2)cn1. The van der Waals surface area contributed by atoms with Crippen LogP contribution in [-0.4, -0.2) is 25.6 Å². The van der Waals surface area contributed by atoms with E-state index < -0.39 is 0 Å². The molecule has 5 nitrogen and oxygen atoms in total. The fraction of sp³-hybridized carbons (Fsp3) is 0.571. The van der Waals surface area contributed by atoms with E-state index in [1.807, 2.05) is 22.5 Å². The van der Waals surface area contributed by atoms with Crippen LogP contribution in [0.4, 0.5) is 0 Å². The van der Waals surface area contributed by atoms with Crippen LogP contribution < -0.4 is 5.32 Å². The maximum absolute atomic E-state index is 4.46. The largest absolute Gasteiger partial charge is 0.310 e. The van der Waals surface area contributed by atoms with Crippen molar-refractivity contribution < 1.29 is 0 Å². The number of aromatic nitrogens is 4. The Hall–Kier alpha value is -1.62. The minimum atomic E-state index is 0.743. The highest BCUT2D eigenvalue weighted by Crippen LogP contribution is 2.19. The molecule has 0 saturated heterocycles. The number of rotatable bonds is 6. The number of aryl methyl sites for hydroxylation is 2. The molecule has 1 aliphatic rings. The number of nitrogens with zero attached hydrogens (tertiary/aromatic N) is 4. The average Bonchev–Trinajstić information content (AvgIpc) is 3.02. The van der Waals surface area contributed by atoms with Crippen LogP contribution in [0, 0.1) is 6.92 Å². The lowest BCUT2D eigenvalue weighted by molar-refractivity contribution is 0.574. The van der Waals surface area contributed by atoms with E-state index in [1.165, 1.54) is 24.1 Å². The maximum atomic E-state index is 4.46. The summed E-state index contributed by atoms with van der Waals surface area (Å²) >= 11 is 0. The van der Waals surface area contributed by atoms with Crippen molar-refractivity contribution in [1.82, 2.24) is 24.9 Å². The van der Waals surface area contributed by atoms with Crippen LogP contribution in [0.2, 0.25) is 0 Å². The normalized spacial score (nSPS) is 15.1. The molecule has 1 N–H and O–H groups in total. The lowest BCUT2D eigenvalue weighted by Crippen LogP contribution is -2.14. The molecule has 0 amide bonds. The molecular weight excluding hydrogens is 238 g/mol. The Labute approximate surface area is 113 Å². The average molecular weight is 259 g/mol. The van der Waals surface area contributed by atoms with Gasteiger partial charge in [0.15, 0.2) is 0 Å². The summed E-state index contributed by atoms with van der Waals surface area (Å²) in [6.07, 6.45) is 6.72. The van der Waals surface area contributed by atoms with Gasteiger partial charge in [0, 0.05) is 30.9 Å². The Kier molecular flexibility index (Phi) is 3.38. The van der Waals surface area contributed by atoms with E-state index in [0.29, 0.717) is 0 Å². The predicted octanol–water partition coefficient (Wildman–Crippen LogP) is 1.71. The van der Waals surface area contributed by atoms with Crippen LogP contribution in [0.1, 0.15) is 36.7 Å². The summed E-state index contributed by atoms with van der Waals surface area (Å²) < 4.78 is 4.03. The highest BCUT2D eigenvalue weighted by atomic mass is 15.3. The first kappa shape index (κ1) is 12.4. The van der Waals surface area contributed by atoms with Gasteiger partial charge in [-0.15, -0.1) is 0 Å². The highest BCUT2D eigenvalue weighted by Gasteiger charge is 2.20. The zero-order valence-corrected chi connectivity index (χ0v) is 11.6. The van der Waals surface area contributed by atoms with Crippen molar-refractivity contribution in [2.24, 2.45) is 0 Å². The number of hydrogen-bond donors (Lipinski definition) is 1.